The first-order valence-electron chi connectivity index (χ1n) is 10.5. The summed E-state index contributed by atoms with van der Waals surface area (Å²) in [6.07, 6.45) is 1.09. The SMILES string of the molecule is Cc1cccc2c1CCN(C(=O)CCC(=O)Nc1ccccc1Cl)C2c1ccccc1. The molecular formula is C26H25ClN2O2. The van der Waals surface area contributed by atoms with Crippen LogP contribution >= 0.6 is 11.6 Å². The van der Waals surface area contributed by atoms with E-state index < -0.39 is 0 Å². The lowest BCUT2D eigenvalue weighted by molar-refractivity contribution is -0.134. The molecule has 1 heterocycles. The highest BCUT2D eigenvalue weighted by Crippen LogP contribution is 2.36. The second kappa shape index (κ2) is 9.36. The van der Waals surface area contributed by atoms with E-state index >= 15 is 0 Å². The minimum atomic E-state index is -0.217. The van der Waals surface area contributed by atoms with Crippen molar-refractivity contribution >= 4 is 29.1 Å². The van der Waals surface area contributed by atoms with Crippen molar-refractivity contribution in [3.63, 3.8) is 0 Å². The van der Waals surface area contributed by atoms with Gasteiger partial charge in [0.05, 0.1) is 16.8 Å². The number of carbonyl (C=O) groups is 2. The lowest BCUT2D eigenvalue weighted by atomic mass is 9.85. The Bertz CT molecular complexity index is 1100. The first-order chi connectivity index (χ1) is 15.0. The monoisotopic (exact) mass is 432 g/mol. The zero-order valence-electron chi connectivity index (χ0n) is 17.5. The van der Waals surface area contributed by atoms with Gasteiger partial charge in [0, 0.05) is 19.4 Å². The van der Waals surface area contributed by atoms with Crippen molar-refractivity contribution in [1.82, 2.24) is 4.90 Å². The molecule has 4 nitrogen and oxygen atoms in total. The summed E-state index contributed by atoms with van der Waals surface area (Å²) in [7, 11) is 0. The molecule has 4 rings (SSSR count). The summed E-state index contributed by atoms with van der Waals surface area (Å²) in [5.74, 6) is -0.235. The summed E-state index contributed by atoms with van der Waals surface area (Å²) in [4.78, 5) is 27.5. The fourth-order valence-corrected chi connectivity index (χ4v) is 4.44. The summed E-state index contributed by atoms with van der Waals surface area (Å²) < 4.78 is 0. The molecule has 0 spiro atoms. The third kappa shape index (κ3) is 4.64. The van der Waals surface area contributed by atoms with Gasteiger partial charge in [-0.15, -0.1) is 0 Å². The van der Waals surface area contributed by atoms with Crippen molar-refractivity contribution in [2.45, 2.75) is 32.2 Å². The van der Waals surface area contributed by atoms with E-state index in [1.54, 1.807) is 18.2 Å². The fourth-order valence-electron chi connectivity index (χ4n) is 4.25. The molecule has 5 heteroatoms. The summed E-state index contributed by atoms with van der Waals surface area (Å²) >= 11 is 6.11. The summed E-state index contributed by atoms with van der Waals surface area (Å²) in [6, 6.07) is 23.3. The van der Waals surface area contributed by atoms with E-state index in [1.165, 1.54) is 16.7 Å². The Labute approximate surface area is 187 Å². The average Bonchev–Trinajstić information content (AvgIpc) is 2.79. The molecule has 0 radical (unpaired) electrons. The largest absolute Gasteiger partial charge is 0.331 e. The second-order valence-corrected chi connectivity index (χ2v) is 8.23. The first kappa shape index (κ1) is 21.1. The van der Waals surface area contributed by atoms with Gasteiger partial charge >= 0.3 is 0 Å². The summed E-state index contributed by atoms with van der Waals surface area (Å²) in [5, 5.41) is 3.27. The number of benzene rings is 3. The van der Waals surface area contributed by atoms with Gasteiger partial charge < -0.3 is 10.2 Å². The van der Waals surface area contributed by atoms with Crippen LogP contribution in [-0.4, -0.2) is 23.3 Å². The van der Waals surface area contributed by atoms with Gasteiger partial charge in [0.25, 0.3) is 0 Å². The Morgan fingerprint density at radius 2 is 1.71 bits per heavy atom. The fraction of sp³-hybridized carbons (Fsp3) is 0.231. The maximum atomic E-state index is 13.2. The van der Waals surface area contributed by atoms with Crippen molar-refractivity contribution in [3.05, 3.63) is 100 Å². The molecule has 0 aromatic heterocycles. The van der Waals surface area contributed by atoms with Crippen LogP contribution in [0.25, 0.3) is 0 Å². The number of para-hydroxylation sites is 1. The molecule has 158 valence electrons. The Balaban J connectivity index is 1.51. The van der Waals surface area contributed by atoms with Gasteiger partial charge in [-0.2, -0.15) is 0 Å². The van der Waals surface area contributed by atoms with E-state index in [4.69, 9.17) is 11.6 Å². The summed E-state index contributed by atoms with van der Waals surface area (Å²) in [6.45, 7) is 2.76. The molecule has 0 saturated heterocycles. The van der Waals surface area contributed by atoms with Crippen LogP contribution in [0.5, 0.6) is 0 Å². The number of nitrogens with zero attached hydrogens (tertiary/aromatic N) is 1. The second-order valence-electron chi connectivity index (χ2n) is 7.82. The number of carbonyl (C=O) groups excluding carboxylic acids is 2. The highest BCUT2D eigenvalue weighted by molar-refractivity contribution is 6.33. The highest BCUT2D eigenvalue weighted by Gasteiger charge is 2.32. The normalized spacial score (nSPS) is 15.3. The van der Waals surface area contributed by atoms with Gasteiger partial charge in [-0.25, -0.2) is 0 Å². The highest BCUT2D eigenvalue weighted by atomic mass is 35.5. The van der Waals surface area contributed by atoms with E-state index in [9.17, 15) is 9.59 Å². The Kier molecular flexibility index (Phi) is 6.38. The summed E-state index contributed by atoms with van der Waals surface area (Å²) in [5.41, 5.74) is 5.39. The quantitative estimate of drug-likeness (QED) is 0.575. The first-order valence-corrected chi connectivity index (χ1v) is 10.9. The molecule has 3 aromatic rings. The van der Waals surface area contributed by atoms with Crippen LogP contribution in [0.1, 0.15) is 41.1 Å². The van der Waals surface area contributed by atoms with Crippen molar-refractivity contribution in [3.8, 4) is 0 Å². The predicted octanol–water partition coefficient (Wildman–Crippen LogP) is 5.54. The van der Waals surface area contributed by atoms with E-state index in [0.717, 1.165) is 12.0 Å². The maximum Gasteiger partial charge on any atom is 0.224 e. The zero-order chi connectivity index (χ0) is 21.8. The molecule has 1 atom stereocenters. The lowest BCUT2D eigenvalue weighted by Gasteiger charge is -2.38. The Morgan fingerprint density at radius 1 is 0.968 bits per heavy atom. The van der Waals surface area contributed by atoms with Crippen LogP contribution < -0.4 is 5.32 Å². The molecular weight excluding hydrogens is 408 g/mol. The third-order valence-corrected chi connectivity index (χ3v) is 6.13. The number of fused-ring (bicyclic) bond motifs is 1. The van der Waals surface area contributed by atoms with Crippen molar-refractivity contribution in [1.29, 1.82) is 0 Å². The molecule has 1 unspecified atom stereocenters. The van der Waals surface area contributed by atoms with Crippen molar-refractivity contribution < 1.29 is 9.59 Å². The van der Waals surface area contributed by atoms with E-state index in [0.29, 0.717) is 17.3 Å². The smallest absolute Gasteiger partial charge is 0.224 e. The van der Waals surface area contributed by atoms with Gasteiger partial charge in [-0.3, -0.25) is 9.59 Å². The number of nitrogens with one attached hydrogen (secondary N) is 1. The van der Waals surface area contributed by atoms with Gasteiger partial charge in [0.15, 0.2) is 0 Å². The maximum absolute atomic E-state index is 13.2. The molecule has 1 aliphatic rings. The molecule has 0 aliphatic carbocycles. The van der Waals surface area contributed by atoms with Crippen molar-refractivity contribution in [2.75, 3.05) is 11.9 Å². The minimum Gasteiger partial charge on any atom is -0.331 e. The molecule has 2 amide bonds. The van der Waals surface area contributed by atoms with Crippen LogP contribution in [0.2, 0.25) is 5.02 Å². The molecule has 3 aromatic carbocycles. The van der Waals surface area contributed by atoms with Gasteiger partial charge in [-0.1, -0.05) is 72.3 Å². The predicted molar refractivity (Wildman–Crippen MR) is 124 cm³/mol. The number of anilines is 1. The van der Waals surface area contributed by atoms with E-state index in [2.05, 4.69) is 42.6 Å². The Hall–Kier alpha value is -3.11. The van der Waals surface area contributed by atoms with Crippen LogP contribution in [0.4, 0.5) is 5.69 Å². The minimum absolute atomic E-state index is 0.0182. The molecule has 1 aliphatic heterocycles. The number of aryl methyl sites for hydroxylation is 1. The number of rotatable bonds is 5. The van der Waals surface area contributed by atoms with Crippen LogP contribution in [0.3, 0.4) is 0 Å². The van der Waals surface area contributed by atoms with Gasteiger partial charge in [-0.05, 0) is 47.7 Å². The number of halogens is 1. The lowest BCUT2D eigenvalue weighted by Crippen LogP contribution is -2.41. The third-order valence-electron chi connectivity index (χ3n) is 5.80. The van der Waals surface area contributed by atoms with Crippen molar-refractivity contribution in [2.24, 2.45) is 0 Å². The van der Waals surface area contributed by atoms with Gasteiger partial charge in [0.1, 0.15) is 0 Å². The number of amides is 2. The molecule has 0 bridgehead atoms. The standard InChI is InChI=1S/C26H25ClN2O2/c1-18-8-7-11-21-20(18)16-17-29(26(21)19-9-3-2-4-10-19)25(31)15-14-24(30)28-23-13-6-5-12-22(23)27/h2-13,26H,14-17H2,1H3,(H,28,30). The molecule has 31 heavy (non-hydrogen) atoms. The topological polar surface area (TPSA) is 49.4 Å². The average molecular weight is 433 g/mol. The van der Waals surface area contributed by atoms with Crippen LogP contribution in [-0.2, 0) is 16.0 Å². The van der Waals surface area contributed by atoms with Gasteiger partial charge in [0.2, 0.25) is 11.8 Å². The number of hydrogen-bond donors (Lipinski definition) is 1. The molecule has 0 saturated carbocycles. The Morgan fingerprint density at radius 3 is 2.48 bits per heavy atom. The molecule has 1 N–H and O–H groups in total. The van der Waals surface area contributed by atoms with E-state index in [1.807, 2.05) is 29.2 Å². The molecule has 0 fully saturated rings. The van der Waals surface area contributed by atoms with E-state index in [-0.39, 0.29) is 30.7 Å². The van der Waals surface area contributed by atoms with Crippen LogP contribution in [0, 0.1) is 6.92 Å². The van der Waals surface area contributed by atoms with Crippen LogP contribution in [0.15, 0.2) is 72.8 Å². The number of hydrogen-bond acceptors (Lipinski definition) is 2. The zero-order valence-corrected chi connectivity index (χ0v) is 18.2.